The number of hydrogen-bond donors (Lipinski definition) is 1. The quantitative estimate of drug-likeness (QED) is 0.240. The number of pyridine rings is 2. The van der Waals surface area contributed by atoms with Crippen molar-refractivity contribution >= 4 is 34.3 Å². The van der Waals surface area contributed by atoms with E-state index in [1.54, 1.807) is 64.6 Å². The smallest absolute Gasteiger partial charge is 0.248 e. The summed E-state index contributed by atoms with van der Waals surface area (Å²) in [5, 5.41) is 8.14. The molecular weight excluding hydrogens is 584 g/mol. The Balaban J connectivity index is 1.14. The molecule has 0 spiro atoms. The van der Waals surface area contributed by atoms with Gasteiger partial charge in [-0.2, -0.15) is 10.1 Å². The number of amides is 2. The van der Waals surface area contributed by atoms with Crippen molar-refractivity contribution in [1.82, 2.24) is 34.6 Å². The van der Waals surface area contributed by atoms with Crippen LogP contribution in [0.1, 0.15) is 48.6 Å². The summed E-state index contributed by atoms with van der Waals surface area (Å²) >= 11 is 0. The van der Waals surface area contributed by atoms with Gasteiger partial charge in [0.05, 0.1) is 5.52 Å². The average Bonchev–Trinajstić information content (AvgIpc) is 3.38. The van der Waals surface area contributed by atoms with E-state index in [1.807, 2.05) is 26.0 Å². The van der Waals surface area contributed by atoms with E-state index >= 15 is 0 Å². The Morgan fingerprint density at radius 1 is 0.978 bits per heavy atom. The summed E-state index contributed by atoms with van der Waals surface area (Å²) in [5.41, 5.74) is 3.37. The number of piperidine rings is 1. The molecule has 12 nitrogen and oxygen atoms in total. The van der Waals surface area contributed by atoms with Crippen molar-refractivity contribution in [3.63, 3.8) is 0 Å². The second-order valence-corrected chi connectivity index (χ2v) is 12.3. The van der Waals surface area contributed by atoms with E-state index in [-0.39, 0.29) is 47.2 Å². The summed E-state index contributed by atoms with van der Waals surface area (Å²) < 4.78 is 7.30. The number of nitrogens with one attached hydrogen (secondary N) is 1. The molecule has 5 heterocycles. The largest absolute Gasteiger partial charge is 0.421 e. The van der Waals surface area contributed by atoms with E-state index in [4.69, 9.17) is 4.74 Å². The minimum absolute atomic E-state index is 0.0501. The number of ether oxygens (including phenoxy) is 1. The number of aryl methyl sites for hydroxylation is 2. The molecule has 232 valence electrons. The predicted octanol–water partition coefficient (Wildman–Crippen LogP) is 4.91. The molecule has 1 aliphatic heterocycles. The minimum atomic E-state index is -0.679. The highest BCUT2D eigenvalue weighted by Crippen LogP contribution is 2.59. The number of carbonyl (C=O) groups is 3. The van der Waals surface area contributed by atoms with Crippen molar-refractivity contribution in [1.29, 1.82) is 0 Å². The lowest BCUT2D eigenvalue weighted by molar-refractivity contribution is -0.138. The molecule has 2 amide bonds. The Bertz CT molecular complexity index is 2010. The normalized spacial score (nSPS) is 20.0. The van der Waals surface area contributed by atoms with Crippen LogP contribution in [0.3, 0.4) is 0 Å². The van der Waals surface area contributed by atoms with Gasteiger partial charge in [-0.1, -0.05) is 19.1 Å². The summed E-state index contributed by atoms with van der Waals surface area (Å²) in [5.74, 6) is 0.882. The van der Waals surface area contributed by atoms with Gasteiger partial charge in [-0.25, -0.2) is 15.0 Å². The number of ketones is 1. The van der Waals surface area contributed by atoms with Crippen molar-refractivity contribution in [2.24, 2.45) is 5.41 Å². The highest BCUT2D eigenvalue weighted by molar-refractivity contribution is 6.07. The topological polar surface area (TPSA) is 145 Å². The molecule has 0 bridgehead atoms. The van der Waals surface area contributed by atoms with Crippen molar-refractivity contribution in [2.45, 2.75) is 59.2 Å². The minimum Gasteiger partial charge on any atom is -0.421 e. The monoisotopic (exact) mass is 616 g/mol. The molecule has 4 aromatic heterocycles. The Kier molecular flexibility index (Phi) is 7.07. The fraction of sp³-hybridized carbons (Fsp3) is 0.294. The number of rotatable bonds is 8. The molecule has 7 rings (SSSR count). The summed E-state index contributed by atoms with van der Waals surface area (Å²) in [6.07, 6.45) is 6.47. The third-order valence-electron chi connectivity index (χ3n) is 8.81. The molecule has 46 heavy (non-hydrogen) atoms. The molecule has 12 heteroatoms. The maximum atomic E-state index is 14.0. The number of carbonyl (C=O) groups excluding carboxylic acids is 3. The number of fused-ring (bicyclic) bond motifs is 2. The predicted molar refractivity (Wildman–Crippen MR) is 169 cm³/mol. The summed E-state index contributed by atoms with van der Waals surface area (Å²) in [7, 11) is 0. The molecule has 1 unspecified atom stereocenters. The maximum absolute atomic E-state index is 14.0. The number of nitrogens with zero attached hydrogens (tertiary/aromatic N) is 7. The Morgan fingerprint density at radius 3 is 2.50 bits per heavy atom. The third-order valence-corrected chi connectivity index (χ3v) is 8.81. The molecule has 1 N–H and O–H groups in total. The first-order valence-corrected chi connectivity index (χ1v) is 15.1. The van der Waals surface area contributed by atoms with Crippen LogP contribution in [0, 0.1) is 19.3 Å². The summed E-state index contributed by atoms with van der Waals surface area (Å²) in [6.45, 7) is 7.20. The number of Topliss-reactive ketones (excluding diaryl/α,β-unsaturated/α-hetero) is 1. The van der Waals surface area contributed by atoms with E-state index in [2.05, 4.69) is 37.3 Å². The standard InChI is InChI=1S/C34H32N8O4/c1-19-12-22(23-16-36-21(3)37-17-23)13-24-31(20(2)43)40-41(32(19)24)18-30(44)42-25(14-34(4)15-26(34)42)33(45)39-27-8-7-10-29(38-27)46-28-9-5-6-11-35-28/h5-13,16-17,25-26H,14-15,18H2,1-4H3,(H,38,39,45)/t25-,26?,34-/m0/s1. The highest BCUT2D eigenvalue weighted by Gasteiger charge is 2.64. The van der Waals surface area contributed by atoms with Gasteiger partial charge in [0, 0.05) is 54.6 Å². The van der Waals surface area contributed by atoms with Crippen LogP contribution in [-0.2, 0) is 16.1 Å². The van der Waals surface area contributed by atoms with E-state index in [1.165, 1.54) is 6.92 Å². The zero-order valence-corrected chi connectivity index (χ0v) is 25.9. The van der Waals surface area contributed by atoms with Crippen molar-refractivity contribution in [2.75, 3.05) is 5.32 Å². The van der Waals surface area contributed by atoms with E-state index in [0.717, 1.165) is 23.1 Å². The zero-order chi connectivity index (χ0) is 32.2. The maximum Gasteiger partial charge on any atom is 0.248 e. The van der Waals surface area contributed by atoms with Gasteiger partial charge in [0.1, 0.15) is 29.9 Å². The molecule has 2 fully saturated rings. The number of hydrogen-bond acceptors (Lipinski definition) is 9. The van der Waals surface area contributed by atoms with Crippen molar-refractivity contribution in [3.8, 4) is 22.9 Å². The van der Waals surface area contributed by atoms with Crippen LogP contribution in [0.5, 0.6) is 11.8 Å². The number of likely N-dealkylation sites (tertiary alicyclic amines) is 1. The molecule has 0 radical (unpaired) electrons. The van der Waals surface area contributed by atoms with E-state index < -0.39 is 6.04 Å². The van der Waals surface area contributed by atoms with Gasteiger partial charge in [0.25, 0.3) is 0 Å². The Labute approximate surface area is 264 Å². The summed E-state index contributed by atoms with van der Waals surface area (Å²) in [4.78, 5) is 59.2. The van der Waals surface area contributed by atoms with Crippen LogP contribution >= 0.6 is 0 Å². The first kappa shape index (κ1) is 29.2. The second-order valence-electron chi connectivity index (χ2n) is 12.3. The first-order chi connectivity index (χ1) is 22.1. The SMILES string of the molecule is CC(=O)c1nn(CC(=O)N2C3C[C@]3(C)C[C@H]2C(=O)Nc2cccc(Oc3ccccn3)n2)c2c(C)cc(-c3cnc(C)nc3)cc12. The van der Waals surface area contributed by atoms with Crippen LogP contribution in [0.2, 0.25) is 0 Å². The first-order valence-electron chi connectivity index (χ1n) is 15.1. The Hall–Kier alpha value is -5.52. The van der Waals surface area contributed by atoms with Gasteiger partial charge < -0.3 is 15.0 Å². The van der Waals surface area contributed by atoms with E-state index in [0.29, 0.717) is 34.8 Å². The van der Waals surface area contributed by atoms with Gasteiger partial charge in [0.15, 0.2) is 5.78 Å². The number of benzene rings is 1. The van der Waals surface area contributed by atoms with Crippen LogP contribution in [0.25, 0.3) is 22.0 Å². The average molecular weight is 617 g/mol. The van der Waals surface area contributed by atoms with Gasteiger partial charge >= 0.3 is 0 Å². The van der Waals surface area contributed by atoms with Crippen LogP contribution in [-0.4, -0.2) is 64.3 Å². The van der Waals surface area contributed by atoms with Gasteiger partial charge in [0.2, 0.25) is 23.6 Å². The van der Waals surface area contributed by atoms with Crippen molar-refractivity contribution in [3.05, 3.63) is 84.2 Å². The molecule has 1 aliphatic carbocycles. The van der Waals surface area contributed by atoms with Gasteiger partial charge in [-0.05, 0) is 67.5 Å². The summed E-state index contributed by atoms with van der Waals surface area (Å²) in [6, 6.07) is 13.5. The second kappa shape index (κ2) is 11.1. The molecule has 3 atom stereocenters. The third kappa shape index (κ3) is 5.35. The molecular formula is C34H32N8O4. The van der Waals surface area contributed by atoms with Gasteiger partial charge in [-0.3, -0.25) is 19.1 Å². The lowest BCUT2D eigenvalue weighted by Crippen LogP contribution is -2.46. The fourth-order valence-electron chi connectivity index (χ4n) is 6.45. The molecule has 1 aromatic carbocycles. The zero-order valence-electron chi connectivity index (χ0n) is 25.9. The molecule has 2 aliphatic rings. The van der Waals surface area contributed by atoms with Crippen LogP contribution in [0.15, 0.2) is 67.1 Å². The molecule has 5 aromatic rings. The van der Waals surface area contributed by atoms with Crippen LogP contribution in [0.4, 0.5) is 5.82 Å². The van der Waals surface area contributed by atoms with Crippen molar-refractivity contribution < 1.29 is 19.1 Å². The number of aromatic nitrogens is 6. The Morgan fingerprint density at radius 2 is 1.76 bits per heavy atom. The highest BCUT2D eigenvalue weighted by atomic mass is 16.5. The van der Waals surface area contributed by atoms with E-state index in [9.17, 15) is 14.4 Å². The van der Waals surface area contributed by atoms with Crippen LogP contribution < -0.4 is 10.1 Å². The lowest BCUT2D eigenvalue weighted by atomic mass is 10.0. The number of anilines is 1. The lowest BCUT2D eigenvalue weighted by Gasteiger charge is -2.27. The molecule has 1 saturated carbocycles. The fourth-order valence-corrected chi connectivity index (χ4v) is 6.45. The molecule has 1 saturated heterocycles. The van der Waals surface area contributed by atoms with Gasteiger partial charge in [-0.15, -0.1) is 0 Å².